The number of hydrogen-bond acceptors (Lipinski definition) is 1. The Labute approximate surface area is 72.4 Å². The molecular weight excluding hydrogens is 148 g/mol. The van der Waals surface area contributed by atoms with Crippen molar-refractivity contribution in [3.63, 3.8) is 0 Å². The van der Waals surface area contributed by atoms with Crippen LogP contribution in [0.4, 0.5) is 0 Å². The molecule has 64 valence electrons. The Morgan fingerprint density at radius 2 is 2.42 bits per heavy atom. The third kappa shape index (κ3) is 0.563. The summed E-state index contributed by atoms with van der Waals surface area (Å²) in [5.74, 6) is 0. The third-order valence-corrected chi connectivity index (χ3v) is 4.07. The van der Waals surface area contributed by atoms with Crippen molar-refractivity contribution in [2.45, 2.75) is 38.0 Å². The number of hydrogen-bond donors (Lipinski definition) is 1. The van der Waals surface area contributed by atoms with E-state index < -0.39 is 0 Å². The van der Waals surface area contributed by atoms with E-state index in [1.807, 2.05) is 6.20 Å². The molecule has 2 aliphatic rings. The van der Waals surface area contributed by atoms with Crippen LogP contribution < -0.4 is 0 Å². The van der Waals surface area contributed by atoms with E-state index >= 15 is 0 Å². The fourth-order valence-electron chi connectivity index (χ4n) is 3.19. The van der Waals surface area contributed by atoms with Crippen molar-refractivity contribution in [1.82, 2.24) is 9.97 Å². The molecule has 2 nitrogen and oxygen atoms in total. The normalized spacial score (nSPS) is 44.4. The zero-order valence-electron chi connectivity index (χ0n) is 7.43. The van der Waals surface area contributed by atoms with Gasteiger partial charge in [-0.25, -0.2) is 4.98 Å². The average molecular weight is 162 g/mol. The Morgan fingerprint density at radius 1 is 1.50 bits per heavy atom. The molecule has 1 aromatic heterocycles. The summed E-state index contributed by atoms with van der Waals surface area (Å²) in [5, 5.41) is 0. The second kappa shape index (κ2) is 1.76. The highest BCUT2D eigenvalue weighted by Crippen LogP contribution is 2.73. The Bertz CT molecular complexity index is 300. The number of nitrogens with one attached hydrogen (secondary N) is 1. The molecule has 0 saturated heterocycles. The van der Waals surface area contributed by atoms with E-state index in [1.54, 1.807) is 6.33 Å². The molecule has 0 bridgehead atoms. The number of nitrogens with zero attached hydrogens (tertiary/aromatic N) is 1. The van der Waals surface area contributed by atoms with Gasteiger partial charge in [-0.2, -0.15) is 0 Å². The highest BCUT2D eigenvalue weighted by molar-refractivity contribution is 5.33. The molecular formula is C10H14N2. The van der Waals surface area contributed by atoms with Crippen LogP contribution in [0.5, 0.6) is 0 Å². The minimum absolute atomic E-state index is 0.503. The van der Waals surface area contributed by atoms with E-state index in [9.17, 15) is 0 Å². The SMILES string of the molecule is CC12CCCC1(c1cnc[nH]1)C2. The molecule has 0 aliphatic heterocycles. The van der Waals surface area contributed by atoms with Gasteiger partial charge in [0.2, 0.25) is 0 Å². The minimum Gasteiger partial charge on any atom is -0.348 e. The van der Waals surface area contributed by atoms with Gasteiger partial charge in [-0.3, -0.25) is 0 Å². The van der Waals surface area contributed by atoms with Crippen molar-refractivity contribution in [1.29, 1.82) is 0 Å². The van der Waals surface area contributed by atoms with Crippen molar-refractivity contribution >= 4 is 0 Å². The summed E-state index contributed by atoms with van der Waals surface area (Å²) in [7, 11) is 0. The maximum Gasteiger partial charge on any atom is 0.0921 e. The van der Waals surface area contributed by atoms with Crippen molar-refractivity contribution in [3.05, 3.63) is 18.2 Å². The maximum atomic E-state index is 4.11. The Kier molecular flexibility index (Phi) is 0.980. The van der Waals surface area contributed by atoms with Gasteiger partial charge in [-0.05, 0) is 24.7 Å². The summed E-state index contributed by atoms with van der Waals surface area (Å²) in [4.78, 5) is 7.39. The van der Waals surface area contributed by atoms with Crippen LogP contribution in [0.1, 0.15) is 38.3 Å². The van der Waals surface area contributed by atoms with Gasteiger partial charge in [0.25, 0.3) is 0 Å². The number of fused-ring (bicyclic) bond motifs is 1. The molecule has 0 amide bonds. The van der Waals surface area contributed by atoms with E-state index in [0.29, 0.717) is 10.8 Å². The topological polar surface area (TPSA) is 28.7 Å². The maximum absolute atomic E-state index is 4.11. The van der Waals surface area contributed by atoms with Crippen LogP contribution in [0.25, 0.3) is 0 Å². The van der Waals surface area contributed by atoms with Crippen molar-refractivity contribution in [2.24, 2.45) is 5.41 Å². The number of H-pyrrole nitrogens is 1. The highest BCUT2D eigenvalue weighted by atomic mass is 14.9. The number of imidazole rings is 1. The van der Waals surface area contributed by atoms with Crippen LogP contribution in [0.2, 0.25) is 0 Å². The van der Waals surface area contributed by atoms with Crippen LogP contribution in [0.15, 0.2) is 12.5 Å². The summed E-state index contributed by atoms with van der Waals surface area (Å²) >= 11 is 0. The first-order valence-corrected chi connectivity index (χ1v) is 4.76. The minimum atomic E-state index is 0.503. The lowest BCUT2D eigenvalue weighted by atomic mass is 9.95. The van der Waals surface area contributed by atoms with Gasteiger partial charge < -0.3 is 4.98 Å². The molecule has 2 aliphatic carbocycles. The summed E-state index contributed by atoms with van der Waals surface area (Å²) in [6, 6.07) is 0. The number of aromatic nitrogens is 2. The predicted molar refractivity (Wildman–Crippen MR) is 46.8 cm³/mol. The molecule has 1 N–H and O–H groups in total. The van der Waals surface area contributed by atoms with Crippen LogP contribution in [0.3, 0.4) is 0 Å². The van der Waals surface area contributed by atoms with Crippen LogP contribution in [-0.2, 0) is 5.41 Å². The fourth-order valence-corrected chi connectivity index (χ4v) is 3.19. The number of aromatic amines is 1. The summed E-state index contributed by atoms with van der Waals surface area (Å²) < 4.78 is 0. The third-order valence-electron chi connectivity index (χ3n) is 4.07. The van der Waals surface area contributed by atoms with Gasteiger partial charge >= 0.3 is 0 Å². The molecule has 1 aromatic rings. The number of rotatable bonds is 1. The second-order valence-electron chi connectivity index (χ2n) is 4.64. The molecule has 0 aromatic carbocycles. The lowest BCUT2D eigenvalue weighted by Crippen LogP contribution is -2.09. The standard InChI is InChI=1S/C10H14N2/c1-9-3-2-4-10(9,6-9)8-5-11-7-12-8/h5,7H,2-4,6H2,1H3,(H,11,12). The van der Waals surface area contributed by atoms with E-state index in [0.717, 1.165) is 0 Å². The second-order valence-corrected chi connectivity index (χ2v) is 4.64. The molecule has 2 saturated carbocycles. The van der Waals surface area contributed by atoms with E-state index in [4.69, 9.17) is 0 Å². The first-order valence-electron chi connectivity index (χ1n) is 4.76. The van der Waals surface area contributed by atoms with E-state index in [1.165, 1.54) is 31.4 Å². The molecule has 0 spiro atoms. The largest absolute Gasteiger partial charge is 0.348 e. The van der Waals surface area contributed by atoms with Gasteiger partial charge in [0.1, 0.15) is 0 Å². The van der Waals surface area contributed by atoms with E-state index in [-0.39, 0.29) is 0 Å². The lowest BCUT2D eigenvalue weighted by molar-refractivity contribution is 0.513. The summed E-state index contributed by atoms with van der Waals surface area (Å²) in [5.41, 5.74) is 2.49. The summed E-state index contributed by atoms with van der Waals surface area (Å²) in [6.07, 6.45) is 9.37. The average Bonchev–Trinajstić information content (AvgIpc) is 2.52. The first-order chi connectivity index (χ1) is 5.77. The Morgan fingerprint density at radius 3 is 2.92 bits per heavy atom. The first kappa shape index (κ1) is 6.70. The zero-order chi connectivity index (χ0) is 8.23. The fraction of sp³-hybridized carbons (Fsp3) is 0.700. The van der Waals surface area contributed by atoms with Crippen molar-refractivity contribution in [3.8, 4) is 0 Å². The molecule has 2 fully saturated rings. The van der Waals surface area contributed by atoms with Crippen LogP contribution >= 0.6 is 0 Å². The highest BCUT2D eigenvalue weighted by Gasteiger charge is 2.67. The summed E-state index contributed by atoms with van der Waals surface area (Å²) in [6.45, 7) is 2.42. The molecule has 0 radical (unpaired) electrons. The Hall–Kier alpha value is -0.790. The van der Waals surface area contributed by atoms with E-state index in [2.05, 4.69) is 16.9 Å². The molecule has 2 atom stereocenters. The zero-order valence-corrected chi connectivity index (χ0v) is 7.43. The van der Waals surface area contributed by atoms with Crippen LogP contribution in [-0.4, -0.2) is 9.97 Å². The predicted octanol–water partition coefficient (Wildman–Crippen LogP) is 2.24. The Balaban J connectivity index is 2.05. The molecule has 3 rings (SSSR count). The quantitative estimate of drug-likeness (QED) is 0.674. The van der Waals surface area contributed by atoms with Crippen molar-refractivity contribution in [2.75, 3.05) is 0 Å². The molecule has 12 heavy (non-hydrogen) atoms. The lowest BCUT2D eigenvalue weighted by Gasteiger charge is -2.11. The van der Waals surface area contributed by atoms with Gasteiger partial charge in [-0.1, -0.05) is 13.3 Å². The monoisotopic (exact) mass is 162 g/mol. The van der Waals surface area contributed by atoms with Crippen LogP contribution in [0, 0.1) is 5.41 Å². The molecule has 2 unspecified atom stereocenters. The van der Waals surface area contributed by atoms with Gasteiger partial charge in [0.05, 0.1) is 6.33 Å². The van der Waals surface area contributed by atoms with Gasteiger partial charge in [-0.15, -0.1) is 0 Å². The molecule has 2 heteroatoms. The smallest absolute Gasteiger partial charge is 0.0921 e. The van der Waals surface area contributed by atoms with Crippen molar-refractivity contribution < 1.29 is 0 Å². The van der Waals surface area contributed by atoms with Gasteiger partial charge in [0, 0.05) is 17.3 Å². The van der Waals surface area contributed by atoms with Gasteiger partial charge in [0.15, 0.2) is 0 Å². The molecule has 1 heterocycles.